The summed E-state index contributed by atoms with van der Waals surface area (Å²) in [4.78, 5) is 25.2. The van der Waals surface area contributed by atoms with Crippen LogP contribution in [0.1, 0.15) is 43.6 Å². The molecule has 5 rings (SSSR count). The third kappa shape index (κ3) is 6.74. The van der Waals surface area contributed by atoms with E-state index in [0.29, 0.717) is 22.1 Å². The minimum absolute atomic E-state index is 0.0664. The first-order valence-corrected chi connectivity index (χ1v) is 13.6. The van der Waals surface area contributed by atoms with Crippen molar-refractivity contribution in [2.75, 3.05) is 0 Å². The number of nitrogens with one attached hydrogen (secondary N) is 1. The number of aromatic nitrogens is 1. The van der Waals surface area contributed by atoms with Crippen LogP contribution in [-0.4, -0.2) is 22.7 Å². The van der Waals surface area contributed by atoms with Crippen LogP contribution >= 0.6 is 23.2 Å². The number of hydrogen-bond acceptors (Lipinski definition) is 6. The van der Waals surface area contributed by atoms with Crippen LogP contribution in [0.3, 0.4) is 0 Å². The van der Waals surface area contributed by atoms with Gasteiger partial charge in [0.25, 0.3) is 0 Å². The Morgan fingerprint density at radius 2 is 1.67 bits per heavy atom. The number of carbonyl (C=O) groups is 2. The van der Waals surface area contributed by atoms with Crippen molar-refractivity contribution in [1.29, 1.82) is 0 Å². The second-order valence-corrected chi connectivity index (χ2v) is 10.1. The van der Waals surface area contributed by atoms with Crippen LogP contribution in [0.25, 0.3) is 5.69 Å². The number of ether oxygens (including phenoxy) is 2. The van der Waals surface area contributed by atoms with Gasteiger partial charge < -0.3 is 18.5 Å². The molecule has 42 heavy (non-hydrogen) atoms. The van der Waals surface area contributed by atoms with E-state index in [1.165, 1.54) is 24.4 Å². The lowest BCUT2D eigenvalue weighted by Crippen LogP contribution is -2.17. The van der Waals surface area contributed by atoms with Gasteiger partial charge in [-0.1, -0.05) is 35.3 Å². The molecule has 0 bridgehead atoms. The van der Waals surface area contributed by atoms with E-state index in [1.807, 2.05) is 24.3 Å². The number of rotatable bonds is 9. The average Bonchev–Trinajstić information content (AvgIpc) is 3.59. The molecule has 8 nitrogen and oxygen atoms in total. The third-order valence-electron chi connectivity index (χ3n) is 6.28. The Balaban J connectivity index is 1.16. The third-order valence-corrected chi connectivity index (χ3v) is 6.82. The monoisotopic (exact) mass is 601 g/mol. The van der Waals surface area contributed by atoms with Crippen LogP contribution in [-0.2, 0) is 6.61 Å². The van der Waals surface area contributed by atoms with Gasteiger partial charge in [-0.25, -0.2) is 10.2 Å². The first-order valence-electron chi connectivity index (χ1n) is 12.8. The van der Waals surface area contributed by atoms with Gasteiger partial charge in [0.05, 0.1) is 16.8 Å². The second-order valence-electron chi connectivity index (χ2n) is 9.25. The quantitative estimate of drug-likeness (QED) is 0.0814. The molecule has 0 spiro atoms. The topological polar surface area (TPSA) is 95.1 Å². The second kappa shape index (κ2) is 12.8. The average molecular weight is 602 g/mol. The standard InChI is InChI=1S/C32H25Cl2N3O5/c1-20-7-8-21(2)37(20)24-10-12-25(13-11-24)40-19-26-14-16-30(41-26)31(38)36-35-18-22-5-3-4-6-29(22)42-32(39)27-15-9-23(33)17-28(27)34/h3-18H,19H2,1-2H3,(H,36,38)/b35-18-. The molecule has 0 atom stereocenters. The molecule has 1 N–H and O–H groups in total. The van der Waals surface area contributed by atoms with Gasteiger partial charge in [0.1, 0.15) is 23.9 Å². The zero-order chi connectivity index (χ0) is 29.6. The lowest BCUT2D eigenvalue weighted by atomic mass is 10.2. The largest absolute Gasteiger partial charge is 0.486 e. The summed E-state index contributed by atoms with van der Waals surface area (Å²) in [6, 6.07) is 26.3. The number of benzene rings is 3. The van der Waals surface area contributed by atoms with Gasteiger partial charge in [0.15, 0.2) is 5.76 Å². The molecule has 212 valence electrons. The van der Waals surface area contributed by atoms with Crippen molar-refractivity contribution in [3.8, 4) is 17.2 Å². The van der Waals surface area contributed by atoms with Gasteiger partial charge in [-0.3, -0.25) is 4.79 Å². The van der Waals surface area contributed by atoms with E-state index in [2.05, 4.69) is 41.1 Å². The van der Waals surface area contributed by atoms with E-state index in [0.717, 1.165) is 17.1 Å². The van der Waals surface area contributed by atoms with Crippen molar-refractivity contribution in [3.63, 3.8) is 0 Å². The Labute approximate surface area is 252 Å². The van der Waals surface area contributed by atoms with Gasteiger partial charge in [0.2, 0.25) is 0 Å². The summed E-state index contributed by atoms with van der Waals surface area (Å²) in [6.45, 7) is 4.27. The van der Waals surface area contributed by atoms with Gasteiger partial charge in [-0.05, 0) is 92.7 Å². The van der Waals surface area contributed by atoms with Crippen molar-refractivity contribution in [2.45, 2.75) is 20.5 Å². The van der Waals surface area contributed by atoms with Crippen molar-refractivity contribution in [1.82, 2.24) is 9.99 Å². The summed E-state index contributed by atoms with van der Waals surface area (Å²) in [5.41, 5.74) is 6.38. The van der Waals surface area contributed by atoms with Gasteiger partial charge in [-0.15, -0.1) is 0 Å². The van der Waals surface area contributed by atoms with Crippen molar-refractivity contribution >= 4 is 41.3 Å². The summed E-state index contributed by atoms with van der Waals surface area (Å²) in [5, 5.41) is 4.55. The summed E-state index contributed by atoms with van der Waals surface area (Å²) in [7, 11) is 0. The fourth-order valence-corrected chi connectivity index (χ4v) is 4.69. The minimum atomic E-state index is -0.658. The first-order chi connectivity index (χ1) is 20.3. The number of carbonyl (C=O) groups excluding carboxylic acids is 2. The molecule has 2 aromatic heterocycles. The Morgan fingerprint density at radius 1 is 0.929 bits per heavy atom. The summed E-state index contributed by atoms with van der Waals surface area (Å²) in [5.74, 6) is 0.234. The fourth-order valence-electron chi connectivity index (χ4n) is 4.20. The molecule has 0 saturated heterocycles. The SMILES string of the molecule is Cc1ccc(C)n1-c1ccc(OCc2ccc(C(=O)N/N=C\c3ccccc3OC(=O)c3ccc(Cl)cc3Cl)o2)cc1. The molecule has 0 fully saturated rings. The molecular weight excluding hydrogens is 577 g/mol. The van der Waals surface area contributed by atoms with Crippen LogP contribution in [0.15, 0.2) is 101 Å². The number of hydrazone groups is 1. The Bertz CT molecular complexity index is 1750. The zero-order valence-corrected chi connectivity index (χ0v) is 24.1. The van der Waals surface area contributed by atoms with Crippen molar-refractivity contribution in [3.05, 3.63) is 135 Å². The summed E-state index contributed by atoms with van der Waals surface area (Å²) in [6.07, 6.45) is 1.36. The predicted molar refractivity (Wildman–Crippen MR) is 161 cm³/mol. The van der Waals surface area contributed by atoms with Crippen molar-refractivity contribution < 1.29 is 23.5 Å². The van der Waals surface area contributed by atoms with E-state index in [4.69, 9.17) is 37.1 Å². The van der Waals surface area contributed by atoms with Crippen LogP contribution in [0.2, 0.25) is 10.0 Å². The smallest absolute Gasteiger partial charge is 0.345 e. The number of furan rings is 1. The van der Waals surface area contributed by atoms with Gasteiger partial charge in [-0.2, -0.15) is 5.10 Å². The van der Waals surface area contributed by atoms with Gasteiger partial charge in [0, 0.05) is 27.7 Å². The molecule has 0 radical (unpaired) electrons. The molecular formula is C32H25Cl2N3O5. The highest BCUT2D eigenvalue weighted by molar-refractivity contribution is 6.36. The minimum Gasteiger partial charge on any atom is -0.486 e. The molecule has 0 aliphatic heterocycles. The number of esters is 1. The van der Waals surface area contributed by atoms with E-state index in [-0.39, 0.29) is 28.7 Å². The number of aryl methyl sites for hydroxylation is 2. The number of amides is 1. The highest BCUT2D eigenvalue weighted by Gasteiger charge is 2.15. The Morgan fingerprint density at radius 3 is 2.40 bits per heavy atom. The maximum Gasteiger partial charge on any atom is 0.345 e. The lowest BCUT2D eigenvalue weighted by Gasteiger charge is -2.10. The van der Waals surface area contributed by atoms with Crippen molar-refractivity contribution in [2.24, 2.45) is 5.10 Å². The van der Waals surface area contributed by atoms with E-state index >= 15 is 0 Å². The molecule has 2 heterocycles. The highest BCUT2D eigenvalue weighted by atomic mass is 35.5. The number of para-hydroxylation sites is 1. The molecule has 0 saturated carbocycles. The number of nitrogens with zero attached hydrogens (tertiary/aromatic N) is 2. The fraction of sp³-hybridized carbons (Fsp3) is 0.0938. The maximum atomic E-state index is 12.6. The Kier molecular flexibility index (Phi) is 8.76. The van der Waals surface area contributed by atoms with Crippen LogP contribution in [0, 0.1) is 13.8 Å². The summed E-state index contributed by atoms with van der Waals surface area (Å²) < 4.78 is 19.1. The molecule has 0 unspecified atom stereocenters. The number of halogens is 2. The molecule has 1 amide bonds. The zero-order valence-electron chi connectivity index (χ0n) is 22.6. The summed E-state index contributed by atoms with van der Waals surface area (Å²) >= 11 is 12.0. The van der Waals surface area contributed by atoms with Crippen LogP contribution in [0.5, 0.6) is 11.5 Å². The maximum absolute atomic E-state index is 12.6. The van der Waals surface area contributed by atoms with E-state index in [1.54, 1.807) is 36.4 Å². The Hall–Kier alpha value is -4.79. The number of hydrogen-bond donors (Lipinski definition) is 1. The molecule has 5 aromatic rings. The predicted octanol–water partition coefficient (Wildman–Crippen LogP) is 7.56. The van der Waals surface area contributed by atoms with E-state index < -0.39 is 11.9 Å². The highest BCUT2D eigenvalue weighted by Crippen LogP contribution is 2.24. The molecule has 0 aliphatic rings. The molecule has 3 aromatic carbocycles. The molecule has 0 aliphatic carbocycles. The normalized spacial score (nSPS) is 11.0. The van der Waals surface area contributed by atoms with Crippen LogP contribution < -0.4 is 14.9 Å². The molecule has 10 heteroatoms. The first kappa shape index (κ1) is 28.7. The van der Waals surface area contributed by atoms with E-state index in [9.17, 15) is 9.59 Å². The van der Waals surface area contributed by atoms with Crippen LogP contribution in [0.4, 0.5) is 0 Å². The lowest BCUT2D eigenvalue weighted by molar-refractivity contribution is 0.0734. The van der Waals surface area contributed by atoms with Gasteiger partial charge >= 0.3 is 11.9 Å².